The Hall–Kier alpha value is -2.22. The molecular formula is C16H21ClN8. The highest BCUT2D eigenvalue weighted by atomic mass is 35.5. The molecule has 4 heterocycles. The van der Waals surface area contributed by atoms with Crippen LogP contribution in [-0.4, -0.2) is 47.2 Å². The average molecular weight is 361 g/mol. The Bertz CT molecular complexity index is 937. The van der Waals surface area contributed by atoms with Gasteiger partial charge < -0.3 is 4.90 Å². The molecule has 132 valence electrons. The molecule has 1 fully saturated rings. The van der Waals surface area contributed by atoms with Gasteiger partial charge in [-0.1, -0.05) is 0 Å². The second-order valence-corrected chi connectivity index (χ2v) is 6.92. The predicted molar refractivity (Wildman–Crippen MR) is 95.2 cm³/mol. The quantitative estimate of drug-likeness (QED) is 0.713. The molecule has 0 aliphatic carbocycles. The van der Waals surface area contributed by atoms with Crippen LogP contribution in [0, 0.1) is 13.8 Å². The number of fused-ring (bicyclic) bond motifs is 1. The monoisotopic (exact) mass is 360 g/mol. The summed E-state index contributed by atoms with van der Waals surface area (Å²) in [5.74, 6) is 2.64. The molecule has 8 nitrogen and oxygen atoms in total. The van der Waals surface area contributed by atoms with Crippen LogP contribution in [0.25, 0.3) is 5.78 Å². The Kier molecular flexibility index (Phi) is 3.87. The van der Waals surface area contributed by atoms with Crippen LogP contribution in [-0.2, 0) is 7.05 Å². The fourth-order valence-corrected chi connectivity index (χ4v) is 3.57. The van der Waals surface area contributed by atoms with Crippen LogP contribution in [0.1, 0.15) is 48.7 Å². The first kappa shape index (κ1) is 16.3. The summed E-state index contributed by atoms with van der Waals surface area (Å²) in [6.45, 7) is 7.94. The van der Waals surface area contributed by atoms with Gasteiger partial charge >= 0.3 is 0 Å². The largest absolute Gasteiger partial charge is 0.340 e. The van der Waals surface area contributed by atoms with Crippen LogP contribution in [0.4, 0.5) is 5.95 Å². The Labute approximate surface area is 150 Å². The molecule has 9 heteroatoms. The number of rotatable bonds is 3. The van der Waals surface area contributed by atoms with Crippen LogP contribution in [0.5, 0.6) is 0 Å². The Balaban J connectivity index is 1.73. The standard InChI is InChI=1S/C16H21ClN8/c1-9(13-21-16(22-23(13)4)24-7-5-6-8-24)12-19-14(17)25-11(3)10(2)18-15(25)20-12/h9H,5-8H2,1-4H3. The van der Waals surface area contributed by atoms with E-state index >= 15 is 0 Å². The molecule has 1 saturated heterocycles. The van der Waals surface area contributed by atoms with Crippen molar-refractivity contribution in [3.05, 3.63) is 28.3 Å². The van der Waals surface area contributed by atoms with E-state index in [-0.39, 0.29) is 5.92 Å². The number of anilines is 1. The minimum Gasteiger partial charge on any atom is -0.340 e. The lowest BCUT2D eigenvalue weighted by atomic mass is 10.1. The van der Waals surface area contributed by atoms with Gasteiger partial charge in [-0.05, 0) is 45.2 Å². The summed E-state index contributed by atoms with van der Waals surface area (Å²) < 4.78 is 3.57. The molecule has 0 aromatic carbocycles. The second-order valence-electron chi connectivity index (χ2n) is 6.58. The number of aromatic nitrogens is 7. The summed E-state index contributed by atoms with van der Waals surface area (Å²) in [6.07, 6.45) is 2.38. The SMILES string of the molecule is Cc1nc2nc(C(C)c3nc(N4CCCC4)nn3C)nc(Cl)n2c1C. The lowest BCUT2D eigenvalue weighted by Gasteiger charge is -2.11. The summed E-state index contributed by atoms with van der Waals surface area (Å²) in [6, 6.07) is 0. The van der Waals surface area contributed by atoms with Crippen molar-refractivity contribution < 1.29 is 0 Å². The molecular weight excluding hydrogens is 340 g/mol. The van der Waals surface area contributed by atoms with Crippen molar-refractivity contribution in [1.29, 1.82) is 0 Å². The van der Waals surface area contributed by atoms with Gasteiger partial charge in [0.05, 0.1) is 11.6 Å². The fourth-order valence-electron chi connectivity index (χ4n) is 3.28. The van der Waals surface area contributed by atoms with E-state index in [0.717, 1.165) is 36.3 Å². The Morgan fingerprint density at radius 1 is 1.04 bits per heavy atom. The molecule has 1 unspecified atom stereocenters. The molecule has 3 aromatic heterocycles. The van der Waals surface area contributed by atoms with E-state index in [9.17, 15) is 0 Å². The lowest BCUT2D eigenvalue weighted by Crippen LogP contribution is -2.19. The lowest BCUT2D eigenvalue weighted by molar-refractivity contribution is 0.648. The average Bonchev–Trinajstić information content (AvgIpc) is 3.27. The van der Waals surface area contributed by atoms with Crippen LogP contribution in [0.15, 0.2) is 0 Å². The van der Waals surface area contributed by atoms with Gasteiger partial charge in [0.15, 0.2) is 0 Å². The van der Waals surface area contributed by atoms with E-state index in [1.54, 1.807) is 4.40 Å². The summed E-state index contributed by atoms with van der Waals surface area (Å²) >= 11 is 6.38. The maximum absolute atomic E-state index is 6.38. The zero-order chi connectivity index (χ0) is 17.7. The highest BCUT2D eigenvalue weighted by Gasteiger charge is 2.24. The van der Waals surface area contributed by atoms with Gasteiger partial charge in [0.2, 0.25) is 17.0 Å². The number of halogens is 1. The molecule has 1 aliphatic rings. The van der Waals surface area contributed by atoms with Gasteiger partial charge in [-0.3, -0.25) is 9.08 Å². The van der Waals surface area contributed by atoms with Crippen LogP contribution in [0.3, 0.4) is 0 Å². The molecule has 3 aromatic rings. The van der Waals surface area contributed by atoms with Crippen molar-refractivity contribution in [1.82, 2.24) is 34.1 Å². The van der Waals surface area contributed by atoms with Gasteiger partial charge in [0.1, 0.15) is 11.6 Å². The van der Waals surface area contributed by atoms with E-state index in [0.29, 0.717) is 16.9 Å². The first-order valence-electron chi connectivity index (χ1n) is 8.50. The van der Waals surface area contributed by atoms with Gasteiger partial charge in [-0.25, -0.2) is 9.97 Å². The van der Waals surface area contributed by atoms with Gasteiger partial charge in [0.25, 0.3) is 0 Å². The summed E-state index contributed by atoms with van der Waals surface area (Å²) in [7, 11) is 1.91. The topological polar surface area (TPSA) is 77.0 Å². The summed E-state index contributed by atoms with van der Waals surface area (Å²) in [4.78, 5) is 20.5. The maximum Gasteiger partial charge on any atom is 0.244 e. The second kappa shape index (κ2) is 5.94. The highest BCUT2D eigenvalue weighted by molar-refractivity contribution is 6.28. The van der Waals surface area contributed by atoms with E-state index in [2.05, 4.69) is 25.0 Å². The van der Waals surface area contributed by atoms with Crippen LogP contribution < -0.4 is 4.90 Å². The minimum atomic E-state index is -0.131. The smallest absolute Gasteiger partial charge is 0.244 e. The highest BCUT2D eigenvalue weighted by Crippen LogP contribution is 2.25. The third-order valence-electron chi connectivity index (χ3n) is 4.88. The molecule has 0 saturated carbocycles. The number of hydrogen-bond donors (Lipinski definition) is 0. The minimum absolute atomic E-state index is 0.131. The van der Waals surface area contributed by atoms with Gasteiger partial charge in [-0.15, -0.1) is 5.10 Å². The number of imidazole rings is 1. The van der Waals surface area contributed by atoms with E-state index < -0.39 is 0 Å². The van der Waals surface area contributed by atoms with Crippen LogP contribution in [0.2, 0.25) is 5.28 Å². The first-order valence-corrected chi connectivity index (χ1v) is 8.88. The van der Waals surface area contributed by atoms with Crippen molar-refractivity contribution in [2.75, 3.05) is 18.0 Å². The Morgan fingerprint density at radius 3 is 2.48 bits per heavy atom. The molecule has 4 rings (SSSR count). The predicted octanol–water partition coefficient (Wildman–Crippen LogP) is 2.28. The van der Waals surface area contributed by atoms with Gasteiger partial charge in [-0.2, -0.15) is 9.97 Å². The molecule has 0 spiro atoms. The van der Waals surface area contributed by atoms with Crippen molar-refractivity contribution in [2.45, 2.75) is 39.5 Å². The van der Waals surface area contributed by atoms with Crippen molar-refractivity contribution in [2.24, 2.45) is 7.05 Å². The van der Waals surface area contributed by atoms with E-state index in [1.807, 2.05) is 32.5 Å². The zero-order valence-corrected chi connectivity index (χ0v) is 15.6. The maximum atomic E-state index is 6.38. The van der Waals surface area contributed by atoms with E-state index in [4.69, 9.17) is 16.6 Å². The summed E-state index contributed by atoms with van der Waals surface area (Å²) in [5, 5.41) is 4.93. The molecule has 1 atom stereocenters. The number of aryl methyl sites for hydroxylation is 3. The normalized spacial score (nSPS) is 16.1. The molecule has 0 amide bonds. The molecule has 1 aliphatic heterocycles. The van der Waals surface area contributed by atoms with Crippen LogP contribution >= 0.6 is 11.6 Å². The molecule has 0 bridgehead atoms. The number of hydrogen-bond acceptors (Lipinski definition) is 6. The van der Waals surface area contributed by atoms with E-state index in [1.165, 1.54) is 12.8 Å². The van der Waals surface area contributed by atoms with Gasteiger partial charge in [0, 0.05) is 25.8 Å². The number of nitrogens with zero attached hydrogens (tertiary/aromatic N) is 8. The molecule has 25 heavy (non-hydrogen) atoms. The third-order valence-corrected chi connectivity index (χ3v) is 5.14. The summed E-state index contributed by atoms with van der Waals surface area (Å²) in [5.41, 5.74) is 1.85. The third kappa shape index (κ3) is 2.64. The van der Waals surface area contributed by atoms with Crippen molar-refractivity contribution in [3.8, 4) is 0 Å². The first-order chi connectivity index (χ1) is 12.0. The molecule has 0 N–H and O–H groups in total. The molecule has 0 radical (unpaired) electrons. The van der Waals surface area contributed by atoms with Crippen molar-refractivity contribution >= 4 is 23.3 Å². The van der Waals surface area contributed by atoms with Crippen molar-refractivity contribution in [3.63, 3.8) is 0 Å². The fraction of sp³-hybridized carbons (Fsp3) is 0.562. The zero-order valence-electron chi connectivity index (χ0n) is 14.9. The Morgan fingerprint density at radius 2 is 1.76 bits per heavy atom.